The van der Waals surface area contributed by atoms with Gasteiger partial charge >= 0.3 is 35.2 Å². The molecular weight excluding hydrogens is 1440 g/mol. The number of hydrogen-bond donors (Lipinski definition) is 0. The molecule has 0 unspecified atom stereocenters. The summed E-state index contributed by atoms with van der Waals surface area (Å²) in [5, 5.41) is -0.0952. The van der Waals surface area contributed by atoms with Crippen LogP contribution in [-0.2, 0) is 53.1 Å². The van der Waals surface area contributed by atoms with Crippen LogP contribution in [0.5, 0.6) is 0 Å². The first-order chi connectivity index (χ1) is 48.9. The van der Waals surface area contributed by atoms with E-state index < -0.39 is 76.3 Å². The molecule has 0 atom stereocenters. The average Bonchev–Trinajstić information content (AvgIpc) is 0.781. The Hall–Kier alpha value is -2.69. The van der Waals surface area contributed by atoms with E-state index in [-0.39, 0.29) is 21.2 Å². The summed E-state index contributed by atoms with van der Waals surface area (Å²) in [7, 11) is -4.96. The molecule has 0 aromatic heterocycles. The summed E-state index contributed by atoms with van der Waals surface area (Å²) >= 11 is 0. The van der Waals surface area contributed by atoms with Crippen molar-refractivity contribution in [2.24, 2.45) is 0 Å². The smallest absolute Gasteiger partial charge is 0.376 e. The van der Waals surface area contributed by atoms with Crippen molar-refractivity contribution in [1.82, 2.24) is 0 Å². The second kappa shape index (κ2) is 49.5. The van der Waals surface area contributed by atoms with Gasteiger partial charge in [0, 0.05) is 91.1 Å². The highest BCUT2D eigenvalue weighted by Gasteiger charge is 2.57. The predicted molar refractivity (Wildman–Crippen MR) is 473 cm³/mol. The quantitative estimate of drug-likeness (QED) is 0.0577. The number of allylic oxidation sites excluding steroid dienone is 32. The third-order valence-corrected chi connectivity index (χ3v) is 45.6. The van der Waals surface area contributed by atoms with E-state index in [0.29, 0.717) is 44.7 Å². The molecule has 0 amide bonds. The Bertz CT molecular complexity index is 2710. The van der Waals surface area contributed by atoms with Gasteiger partial charge in [-0.1, -0.05) is 293 Å². The van der Waals surface area contributed by atoms with Crippen LogP contribution < -0.4 is 0 Å². The average molecular weight is 1590 g/mol. The third kappa shape index (κ3) is 32.3. The lowest BCUT2D eigenvalue weighted by molar-refractivity contribution is 0.0583. The first kappa shape index (κ1) is 99.3. The summed E-state index contributed by atoms with van der Waals surface area (Å²) in [6, 6.07) is 0. The Kier molecular flexibility index (Phi) is 47.3. The third-order valence-electron chi connectivity index (χ3n) is 19.7. The van der Waals surface area contributed by atoms with Crippen LogP contribution in [0.2, 0.25) is 140 Å². The zero-order valence-electron chi connectivity index (χ0n) is 71.1. The molecule has 0 saturated heterocycles. The summed E-state index contributed by atoms with van der Waals surface area (Å²) in [5.74, 6) is 0. The maximum atomic E-state index is 5.94. The van der Waals surface area contributed by atoms with Crippen LogP contribution in [0.15, 0.2) is 194 Å². The topological polar surface area (TPSA) is 111 Å². The molecule has 0 fully saturated rings. The molecule has 8 aliphatic carbocycles. The Morgan fingerprint density at radius 1 is 0.279 bits per heavy atom. The van der Waals surface area contributed by atoms with Crippen molar-refractivity contribution < 1.29 is 53.1 Å². The fourth-order valence-corrected chi connectivity index (χ4v) is 29.5. The molecular formula is C83H152O12Si9. The van der Waals surface area contributed by atoms with Gasteiger partial charge in [0.2, 0.25) is 0 Å². The van der Waals surface area contributed by atoms with Crippen LogP contribution >= 0.6 is 0 Å². The molecule has 8 aliphatic rings. The van der Waals surface area contributed by atoms with E-state index >= 15 is 0 Å². The van der Waals surface area contributed by atoms with Crippen molar-refractivity contribution in [3.63, 3.8) is 0 Å². The zero-order chi connectivity index (χ0) is 78.8. The van der Waals surface area contributed by atoms with Gasteiger partial charge in [0.25, 0.3) is 0 Å². The predicted octanol–water partition coefficient (Wildman–Crippen LogP) is 23.8. The summed E-state index contributed by atoms with van der Waals surface area (Å²) in [6.07, 6.45) is 79.1. The highest BCUT2D eigenvalue weighted by atomic mass is 28.4. The molecule has 0 N–H and O–H groups in total. The highest BCUT2D eigenvalue weighted by molar-refractivity contribution is 6.81. The molecule has 592 valence electrons. The fourth-order valence-electron chi connectivity index (χ4n) is 12.6. The highest BCUT2D eigenvalue weighted by Crippen LogP contribution is 2.47. The molecule has 104 heavy (non-hydrogen) atoms. The van der Waals surface area contributed by atoms with Gasteiger partial charge in [-0.2, -0.15) is 0 Å². The van der Waals surface area contributed by atoms with Crippen molar-refractivity contribution in [3.8, 4) is 0 Å². The number of hydrogen-bond acceptors (Lipinski definition) is 12. The van der Waals surface area contributed by atoms with E-state index in [9.17, 15) is 0 Å². The standard InChI is InChI=1S/C13H24O3Si.C12H22O3Si.C12H24Si2.C10H18O3Si.C10H18Si.C9H16O3Si.C9H16Si.C8H14Si/c1-5-14-17(15-6-2,16-7-3)13(4)11-9-8-10-12-13;1-4-13-16(14-5-2,15-6-3)12-10-8-7-9-11-12;1-13(2,3)11-7-9-12(10-8-11)14(4,5)6;1-10(8-6-5-7-9-10)14(11-2,12-3)13-4;1-10(11(2,3)4)8-6-5-7-9-10;1-10-13(11-2,12-3)9-7-5-4-6-8-9;1-10(2,3)9-7-5-4-6-8-9;1-9(2)8-6-4-3-5-7-8/h9-12H,5-8H2,1-4H3;8-12H,4-7H2,1-3H3;7-12H,1-6H3;6-9H,5H2,1-4H3;6-9H,5H2,1-4H3;5-9H,4H2,1-3H3;5-9H,4H2,1-3H3;4-9H,3H2,1-2H3. The normalized spacial score (nSPS) is 20.3. The summed E-state index contributed by atoms with van der Waals surface area (Å²) in [5.41, 5.74) is 3.45. The Morgan fingerprint density at radius 3 is 0.721 bits per heavy atom. The van der Waals surface area contributed by atoms with E-state index in [1.165, 1.54) is 0 Å². The first-order valence-electron chi connectivity index (χ1n) is 38.8. The molecule has 0 aromatic rings. The van der Waals surface area contributed by atoms with Crippen molar-refractivity contribution >= 4 is 76.3 Å². The Balaban J connectivity index is 0.000000598. The summed E-state index contributed by atoms with van der Waals surface area (Å²) in [6.45, 7) is 56.2. The molecule has 0 radical (unpaired) electrons. The molecule has 12 nitrogen and oxygen atoms in total. The molecule has 0 bridgehead atoms. The second-order valence-corrected chi connectivity index (χ2v) is 69.4. The molecule has 0 aliphatic heterocycles. The molecule has 0 aromatic carbocycles. The SMILES string of the molecule is CC1([Si](C)(C)C)C=CCC=C1.CCO[Si](OCC)(OCC)C1(C)C=CCC=C1.CCO[Si](OCC)(OCC)C1C=CCC=C1.CO[Si](OC)(OC)C1(C)C=CCC=C1.CO[Si](OC)(OC)C1C=CCC=C1.C[SiH](C)C1C=CCC=C1.C[Si](C)(C)C1C=CC([Si](C)(C)C)C=C1.C[Si](C)(C)C1C=CCC=C1. The molecule has 0 saturated carbocycles. The lowest BCUT2D eigenvalue weighted by Gasteiger charge is -2.40. The van der Waals surface area contributed by atoms with Gasteiger partial charge in [0.1, 0.15) is 0 Å². The molecule has 0 heterocycles. The molecule has 8 rings (SSSR count). The summed E-state index contributed by atoms with van der Waals surface area (Å²) < 4.78 is 67.9. The van der Waals surface area contributed by atoms with Crippen LogP contribution in [0.1, 0.15) is 107 Å². The van der Waals surface area contributed by atoms with Gasteiger partial charge in [-0.15, -0.1) is 0 Å². The van der Waals surface area contributed by atoms with Gasteiger partial charge in [0.05, 0.1) is 53.5 Å². The van der Waals surface area contributed by atoms with Gasteiger partial charge in [0.15, 0.2) is 0 Å². The second-order valence-electron chi connectivity index (χ2n) is 32.0. The van der Waals surface area contributed by atoms with Crippen molar-refractivity contribution in [2.45, 2.75) is 247 Å². The van der Waals surface area contributed by atoms with E-state index in [2.05, 4.69) is 307 Å². The van der Waals surface area contributed by atoms with Crippen molar-refractivity contribution in [1.29, 1.82) is 0 Å². The molecule has 0 spiro atoms. The van der Waals surface area contributed by atoms with E-state index in [4.69, 9.17) is 53.1 Å². The van der Waals surface area contributed by atoms with E-state index in [0.717, 1.165) is 67.1 Å². The van der Waals surface area contributed by atoms with Crippen LogP contribution in [0.4, 0.5) is 0 Å². The van der Waals surface area contributed by atoms with Crippen LogP contribution in [0, 0.1) is 0 Å². The largest absolute Gasteiger partial charge is 0.515 e. The fraction of sp³-hybridized carbons (Fsp3) is 0.614. The minimum atomic E-state index is -2.69. The van der Waals surface area contributed by atoms with Gasteiger partial charge in [-0.25, -0.2) is 0 Å². The van der Waals surface area contributed by atoms with Crippen molar-refractivity contribution in [3.05, 3.63) is 194 Å². The maximum Gasteiger partial charge on any atom is 0.515 e. The maximum absolute atomic E-state index is 5.94. The lowest BCUT2D eigenvalue weighted by atomic mass is 10.0. The summed E-state index contributed by atoms with van der Waals surface area (Å²) in [4.78, 5) is 0. The Labute approximate surface area is 648 Å². The van der Waals surface area contributed by atoms with E-state index in [1.807, 2.05) is 41.5 Å². The van der Waals surface area contributed by atoms with Crippen LogP contribution in [-0.4, -0.2) is 159 Å². The first-order valence-corrected chi connectivity index (χ1v) is 63.1. The van der Waals surface area contributed by atoms with Crippen LogP contribution in [0.25, 0.3) is 0 Å². The molecule has 21 heteroatoms. The zero-order valence-corrected chi connectivity index (χ0v) is 80.3. The number of rotatable bonds is 27. The van der Waals surface area contributed by atoms with Gasteiger partial charge < -0.3 is 53.1 Å². The Morgan fingerprint density at radius 2 is 0.510 bits per heavy atom. The van der Waals surface area contributed by atoms with Crippen LogP contribution in [0.3, 0.4) is 0 Å². The van der Waals surface area contributed by atoms with E-state index in [1.54, 1.807) is 42.7 Å². The minimum absolute atomic E-state index is 0.154. The minimum Gasteiger partial charge on any atom is -0.376 e. The van der Waals surface area contributed by atoms with Gasteiger partial charge in [-0.3, -0.25) is 0 Å². The lowest BCUT2D eigenvalue weighted by Crippen LogP contribution is -2.54. The monoisotopic (exact) mass is 1590 g/mol. The van der Waals surface area contributed by atoms with Crippen molar-refractivity contribution in [2.75, 3.05) is 82.3 Å². The van der Waals surface area contributed by atoms with Gasteiger partial charge in [-0.05, 0) is 128 Å².